The molecule has 1 atom stereocenters. The molecule has 0 fully saturated rings. The summed E-state index contributed by atoms with van der Waals surface area (Å²) in [7, 11) is 1.61. The number of hydrogen-bond donors (Lipinski definition) is 4. The van der Waals surface area contributed by atoms with Gasteiger partial charge in [-0.3, -0.25) is 14.4 Å². The highest BCUT2D eigenvalue weighted by Gasteiger charge is 2.31. The number of carbonyl (C=O) groups excluding carboxylic acids is 4. The van der Waals surface area contributed by atoms with Crippen LogP contribution in [-0.2, 0) is 34.0 Å². The number of benzene rings is 2. The number of amides is 4. The van der Waals surface area contributed by atoms with E-state index in [9.17, 15) is 39.8 Å². The van der Waals surface area contributed by atoms with E-state index in [2.05, 4.69) is 23.5 Å². The molecule has 18 heteroatoms. The van der Waals surface area contributed by atoms with Gasteiger partial charge in [-0.15, -0.1) is 11.3 Å². The molecule has 0 saturated heterocycles. The van der Waals surface area contributed by atoms with Gasteiger partial charge in [0.15, 0.2) is 5.01 Å². The van der Waals surface area contributed by atoms with Gasteiger partial charge < -0.3 is 54.3 Å². The minimum atomic E-state index is -0.975. The number of aliphatic hydroxyl groups is 1. The van der Waals surface area contributed by atoms with Crippen molar-refractivity contribution in [1.29, 1.82) is 5.26 Å². The summed E-state index contributed by atoms with van der Waals surface area (Å²) in [6.07, 6.45) is 1.10. The fraction of sp³-hybridized carbons (Fsp3) is 0.463. The number of hydrogen-bond acceptors (Lipinski definition) is 14. The fourth-order valence-electron chi connectivity index (χ4n) is 6.19. The minimum Gasteiger partial charge on any atom is -0.507 e. The molecule has 0 radical (unpaired) electrons. The zero-order valence-electron chi connectivity index (χ0n) is 33.8. The van der Waals surface area contributed by atoms with Crippen molar-refractivity contribution >= 4 is 58.5 Å². The van der Waals surface area contributed by atoms with E-state index in [1.54, 1.807) is 46.0 Å². The van der Waals surface area contributed by atoms with Crippen molar-refractivity contribution in [3.63, 3.8) is 0 Å². The predicted molar refractivity (Wildman–Crippen MR) is 219 cm³/mol. The average molecular weight is 837 g/mol. The molecule has 0 aliphatic carbocycles. The second kappa shape index (κ2) is 21.4. The first-order valence-corrected chi connectivity index (χ1v) is 19.8. The Morgan fingerprint density at radius 2 is 1.69 bits per heavy atom. The lowest BCUT2D eigenvalue weighted by Crippen LogP contribution is -2.43. The maximum absolute atomic E-state index is 13.5. The molecule has 4 amide bonds. The van der Waals surface area contributed by atoms with E-state index in [0.29, 0.717) is 21.3 Å². The standard InChI is InChI=1S/C41H52N6O11S/c1-26-27(2)39(53)37(28(3)38(26)52)41(4,5)24-36(51)45(6)14-15-46(40(54)58-29-7-8-30-31(23-29)59-33(25-42)44-30)16-18-56-20-22-57-21-19-55-17-11-32(48)43-12-13-47-34(49)9-10-35(47)50/h7-10,23,34,49,52-53H,2-3,11-22,24H2,1,4-6H3,(H,43,48). The molecule has 0 spiro atoms. The van der Waals surface area contributed by atoms with E-state index in [1.165, 1.54) is 38.2 Å². The smallest absolute Gasteiger partial charge is 0.415 e. The Labute approximate surface area is 346 Å². The average Bonchev–Trinajstić information content (AvgIpc) is 3.76. The van der Waals surface area contributed by atoms with Crippen LogP contribution >= 0.6 is 11.3 Å². The number of aromatic nitrogens is 1. The summed E-state index contributed by atoms with van der Waals surface area (Å²) in [5, 5.41) is 43.8. The normalized spacial score (nSPS) is 13.8. The first-order valence-electron chi connectivity index (χ1n) is 18.9. The molecule has 1 aliphatic rings. The van der Waals surface area contributed by atoms with E-state index in [4.69, 9.17) is 18.9 Å². The highest BCUT2D eigenvalue weighted by atomic mass is 32.1. The van der Waals surface area contributed by atoms with E-state index >= 15 is 0 Å². The van der Waals surface area contributed by atoms with Crippen LogP contribution in [0.1, 0.15) is 42.8 Å². The molecule has 2 heterocycles. The molecular formula is C41H52N6O11S. The Bertz CT molecular complexity index is 2170. The highest BCUT2D eigenvalue weighted by molar-refractivity contribution is 7.19. The summed E-state index contributed by atoms with van der Waals surface area (Å²) in [5.41, 5.74) is 0.417. The van der Waals surface area contributed by atoms with Gasteiger partial charge in [0.2, 0.25) is 17.7 Å². The van der Waals surface area contributed by atoms with Crippen LogP contribution in [0.15, 0.2) is 30.4 Å². The van der Waals surface area contributed by atoms with Crippen LogP contribution in [0.3, 0.4) is 0 Å². The molecule has 1 unspecified atom stereocenters. The summed E-state index contributed by atoms with van der Waals surface area (Å²) < 4.78 is 23.1. The number of carbonyl (C=O) groups is 4. The van der Waals surface area contributed by atoms with Crippen molar-refractivity contribution in [2.45, 2.75) is 45.3 Å². The Balaban J connectivity index is 1.22. The summed E-state index contributed by atoms with van der Waals surface area (Å²) in [5.74, 6) is -0.778. The van der Waals surface area contributed by atoms with Crippen molar-refractivity contribution in [2.75, 3.05) is 79.4 Å². The van der Waals surface area contributed by atoms with Gasteiger partial charge >= 0.3 is 6.09 Å². The van der Waals surface area contributed by atoms with E-state index in [0.717, 1.165) is 0 Å². The lowest BCUT2D eigenvalue weighted by atomic mass is 9.78. The SMILES string of the molecule is C=c1c(C)c(O)c(=C)c(C(C)(C)CC(=O)N(C)CCN(CCOCCOCCOCCC(=O)NCCN2C(=O)C=CC2O)C(=O)Oc2ccc3nc(C#N)sc3c2)c1O. The molecule has 59 heavy (non-hydrogen) atoms. The summed E-state index contributed by atoms with van der Waals surface area (Å²) in [6, 6.07) is 6.88. The first-order chi connectivity index (χ1) is 28.0. The third-order valence-electron chi connectivity index (χ3n) is 9.65. The van der Waals surface area contributed by atoms with E-state index in [-0.39, 0.29) is 136 Å². The second-order valence-corrected chi connectivity index (χ2v) is 15.4. The van der Waals surface area contributed by atoms with Gasteiger partial charge in [-0.05, 0) is 25.1 Å². The Morgan fingerprint density at radius 3 is 2.36 bits per heavy atom. The Morgan fingerprint density at radius 1 is 1.02 bits per heavy atom. The van der Waals surface area contributed by atoms with Crippen LogP contribution in [0.4, 0.5) is 4.79 Å². The third-order valence-corrected chi connectivity index (χ3v) is 10.6. The summed E-state index contributed by atoms with van der Waals surface area (Å²) in [4.78, 5) is 58.9. The lowest BCUT2D eigenvalue weighted by molar-refractivity contribution is -0.132. The number of thiazole rings is 1. The van der Waals surface area contributed by atoms with Crippen LogP contribution in [0, 0.1) is 18.3 Å². The molecule has 2 aromatic carbocycles. The fourth-order valence-corrected chi connectivity index (χ4v) is 6.98. The molecule has 0 saturated carbocycles. The number of aromatic hydroxyl groups is 2. The van der Waals surface area contributed by atoms with Gasteiger partial charge in [0.05, 0.1) is 49.9 Å². The van der Waals surface area contributed by atoms with Gasteiger partial charge in [0.1, 0.15) is 29.5 Å². The van der Waals surface area contributed by atoms with Crippen LogP contribution in [0.5, 0.6) is 17.2 Å². The highest BCUT2D eigenvalue weighted by Crippen LogP contribution is 2.32. The van der Waals surface area contributed by atoms with Crippen LogP contribution in [0.2, 0.25) is 0 Å². The number of nitriles is 1. The summed E-state index contributed by atoms with van der Waals surface area (Å²) in [6.45, 7) is 15.0. The molecule has 1 aliphatic heterocycles. The number of rotatable bonds is 22. The number of nitrogens with one attached hydrogen (secondary N) is 1. The quantitative estimate of drug-likeness (QED) is 0.0835. The van der Waals surface area contributed by atoms with Crippen molar-refractivity contribution in [3.8, 4) is 23.3 Å². The zero-order valence-corrected chi connectivity index (χ0v) is 34.6. The van der Waals surface area contributed by atoms with Gasteiger partial charge in [0, 0.05) is 91.7 Å². The van der Waals surface area contributed by atoms with E-state index < -0.39 is 17.7 Å². The number of likely N-dealkylation sites (N-methyl/N-ethyl adjacent to an activating group) is 1. The Hall–Kier alpha value is -5.58. The molecule has 4 N–H and O–H groups in total. The molecule has 3 aromatic rings. The van der Waals surface area contributed by atoms with Gasteiger partial charge in [-0.25, -0.2) is 9.78 Å². The number of ether oxygens (including phenoxy) is 4. The van der Waals surface area contributed by atoms with Gasteiger partial charge in [-0.1, -0.05) is 27.0 Å². The predicted octanol–water partition coefficient (Wildman–Crippen LogP) is 1.61. The number of phenolic OH excluding ortho intramolecular Hbond substituents is 2. The molecule has 0 bridgehead atoms. The maximum atomic E-state index is 13.5. The van der Waals surface area contributed by atoms with E-state index in [1.807, 2.05) is 6.07 Å². The van der Waals surface area contributed by atoms with Crippen molar-refractivity contribution in [1.82, 2.24) is 25.0 Å². The topological polar surface area (TPSA) is 224 Å². The maximum Gasteiger partial charge on any atom is 0.415 e. The Kier molecular flexibility index (Phi) is 16.7. The van der Waals surface area contributed by atoms with Crippen molar-refractivity contribution in [3.05, 3.63) is 56.9 Å². The van der Waals surface area contributed by atoms with Gasteiger partial charge in [0.25, 0.3) is 0 Å². The van der Waals surface area contributed by atoms with Crippen molar-refractivity contribution in [2.24, 2.45) is 0 Å². The largest absolute Gasteiger partial charge is 0.507 e. The molecule has 4 rings (SSSR count). The monoisotopic (exact) mass is 836 g/mol. The number of phenols is 2. The first kappa shape index (κ1) is 46.1. The number of aliphatic hydroxyl groups excluding tert-OH is 1. The molecule has 17 nitrogen and oxygen atoms in total. The third kappa shape index (κ3) is 12.7. The van der Waals surface area contributed by atoms with Crippen LogP contribution < -0.4 is 20.5 Å². The van der Waals surface area contributed by atoms with Crippen LogP contribution in [-0.4, -0.2) is 144 Å². The number of nitrogens with zero attached hydrogens (tertiary/aromatic N) is 5. The lowest BCUT2D eigenvalue weighted by Gasteiger charge is -2.30. The molecule has 1 aromatic heterocycles. The summed E-state index contributed by atoms with van der Waals surface area (Å²) >= 11 is 1.17. The number of fused-ring (bicyclic) bond motifs is 1. The molecule has 318 valence electrons. The second-order valence-electron chi connectivity index (χ2n) is 14.4. The molecular weight excluding hydrogens is 785 g/mol. The van der Waals surface area contributed by atoms with Crippen LogP contribution in [0.25, 0.3) is 23.4 Å². The minimum absolute atomic E-state index is 0.0390. The van der Waals surface area contributed by atoms with Gasteiger partial charge in [-0.2, -0.15) is 5.26 Å². The van der Waals surface area contributed by atoms with Crippen molar-refractivity contribution < 1.29 is 53.4 Å². The zero-order chi connectivity index (χ0) is 43.3.